The summed E-state index contributed by atoms with van der Waals surface area (Å²) in [6.45, 7) is 0. The van der Waals surface area contributed by atoms with Crippen molar-refractivity contribution < 1.29 is 39.9 Å². The fourth-order valence-electron chi connectivity index (χ4n) is 1.13. The van der Waals surface area contributed by atoms with Crippen molar-refractivity contribution in [1.29, 1.82) is 0 Å². The SMILES string of the molecule is O=c1[nH]c(C(F)(F)F)c(C(F)F)cc1OC(F)(F)F. The van der Waals surface area contributed by atoms with Gasteiger partial charge < -0.3 is 9.72 Å². The molecule has 0 spiro atoms. The van der Waals surface area contributed by atoms with E-state index in [-0.39, 0.29) is 6.07 Å². The molecule has 1 aromatic rings. The number of alkyl halides is 8. The third kappa shape index (κ3) is 3.83. The summed E-state index contributed by atoms with van der Waals surface area (Å²) in [6, 6.07) is -0.292. The molecule has 0 atom stereocenters. The third-order valence-electron chi connectivity index (χ3n) is 1.78. The molecule has 3 nitrogen and oxygen atoms in total. The number of ether oxygens (including phenoxy) is 1. The van der Waals surface area contributed by atoms with Crippen LogP contribution in [0.2, 0.25) is 0 Å². The molecule has 1 N–H and O–H groups in total. The molecule has 0 saturated carbocycles. The minimum atomic E-state index is -5.40. The number of pyridine rings is 1. The van der Waals surface area contributed by atoms with Crippen LogP contribution in [0.4, 0.5) is 35.1 Å². The molecule has 0 aliphatic carbocycles. The average Bonchev–Trinajstić information content (AvgIpc) is 2.16. The fraction of sp³-hybridized carbons (Fsp3) is 0.375. The first-order chi connectivity index (χ1) is 8.42. The molecule has 11 heteroatoms. The van der Waals surface area contributed by atoms with Crippen LogP contribution in [-0.2, 0) is 6.18 Å². The van der Waals surface area contributed by atoms with Gasteiger partial charge in [0.25, 0.3) is 12.0 Å². The Morgan fingerprint density at radius 1 is 1.11 bits per heavy atom. The van der Waals surface area contributed by atoms with Crippen molar-refractivity contribution in [3.8, 4) is 5.75 Å². The second kappa shape index (κ2) is 4.70. The second-order valence-corrected chi connectivity index (χ2v) is 3.14. The zero-order valence-electron chi connectivity index (χ0n) is 8.49. The van der Waals surface area contributed by atoms with Crippen LogP contribution in [-0.4, -0.2) is 11.3 Å². The highest BCUT2D eigenvalue weighted by Crippen LogP contribution is 2.35. The molecule has 1 rings (SSSR count). The zero-order valence-corrected chi connectivity index (χ0v) is 8.49. The van der Waals surface area contributed by atoms with Crippen molar-refractivity contribution in [1.82, 2.24) is 4.98 Å². The molecule has 19 heavy (non-hydrogen) atoms. The molecular weight excluding hydrogens is 294 g/mol. The highest BCUT2D eigenvalue weighted by Gasteiger charge is 2.39. The molecular formula is C8H3F8NO2. The van der Waals surface area contributed by atoms with Gasteiger partial charge in [0.1, 0.15) is 5.69 Å². The lowest BCUT2D eigenvalue weighted by atomic mass is 10.2. The van der Waals surface area contributed by atoms with Crippen LogP contribution in [0.3, 0.4) is 0 Å². The number of aromatic nitrogens is 1. The maximum atomic E-state index is 12.3. The Kier molecular flexibility index (Phi) is 3.77. The van der Waals surface area contributed by atoms with E-state index < -0.39 is 41.5 Å². The van der Waals surface area contributed by atoms with E-state index in [0.29, 0.717) is 0 Å². The summed E-state index contributed by atoms with van der Waals surface area (Å²) in [4.78, 5) is 11.8. The Balaban J connectivity index is 3.42. The standard InChI is InChI=1S/C8H3F8NO2/c9-5(10)2-1-3(19-8(14,15)16)6(18)17-4(2)7(11,12)13/h1,5H,(H,17,18). The molecule has 0 aliphatic heterocycles. The molecule has 108 valence electrons. The van der Waals surface area contributed by atoms with E-state index in [2.05, 4.69) is 4.74 Å². The van der Waals surface area contributed by atoms with Gasteiger partial charge in [-0.25, -0.2) is 8.78 Å². The van der Waals surface area contributed by atoms with Crippen molar-refractivity contribution >= 4 is 0 Å². The van der Waals surface area contributed by atoms with Gasteiger partial charge in [0, 0.05) is 0 Å². The van der Waals surface area contributed by atoms with Crippen molar-refractivity contribution in [3.05, 3.63) is 27.7 Å². The molecule has 0 aromatic carbocycles. The lowest BCUT2D eigenvalue weighted by Crippen LogP contribution is -2.26. The summed E-state index contributed by atoms with van der Waals surface area (Å²) in [5.41, 5.74) is -5.86. The van der Waals surface area contributed by atoms with Gasteiger partial charge in [-0.15, -0.1) is 13.2 Å². The van der Waals surface area contributed by atoms with Gasteiger partial charge in [-0.1, -0.05) is 0 Å². The van der Waals surface area contributed by atoms with Gasteiger partial charge in [-0.3, -0.25) is 4.79 Å². The van der Waals surface area contributed by atoms with Crippen LogP contribution in [0.5, 0.6) is 5.75 Å². The maximum Gasteiger partial charge on any atom is 0.573 e. The van der Waals surface area contributed by atoms with Crippen LogP contribution in [0.1, 0.15) is 17.7 Å². The zero-order chi connectivity index (χ0) is 15.0. The Morgan fingerprint density at radius 2 is 1.63 bits per heavy atom. The number of hydrogen-bond donors (Lipinski definition) is 1. The second-order valence-electron chi connectivity index (χ2n) is 3.14. The molecule has 0 fully saturated rings. The summed E-state index contributed by atoms with van der Waals surface area (Å²) in [7, 11) is 0. The topological polar surface area (TPSA) is 42.1 Å². The largest absolute Gasteiger partial charge is 0.573 e. The van der Waals surface area contributed by atoms with E-state index >= 15 is 0 Å². The number of H-pyrrole nitrogens is 1. The maximum absolute atomic E-state index is 12.3. The highest BCUT2D eigenvalue weighted by molar-refractivity contribution is 5.32. The molecule has 0 unspecified atom stereocenters. The smallest absolute Gasteiger partial charge is 0.400 e. The van der Waals surface area contributed by atoms with Crippen LogP contribution < -0.4 is 10.3 Å². The van der Waals surface area contributed by atoms with E-state index in [1.165, 1.54) is 0 Å². The van der Waals surface area contributed by atoms with E-state index in [1.54, 1.807) is 0 Å². The van der Waals surface area contributed by atoms with Gasteiger partial charge in [0.15, 0.2) is 5.75 Å². The third-order valence-corrected chi connectivity index (χ3v) is 1.78. The van der Waals surface area contributed by atoms with Gasteiger partial charge in [-0.05, 0) is 6.07 Å². The summed E-state index contributed by atoms with van der Waals surface area (Å²) in [5.74, 6) is -1.70. The molecule has 0 amide bonds. The minimum absolute atomic E-state index is 0.292. The number of nitrogens with one attached hydrogen (secondary N) is 1. The normalized spacial score (nSPS) is 12.9. The van der Waals surface area contributed by atoms with Gasteiger partial charge >= 0.3 is 12.5 Å². The van der Waals surface area contributed by atoms with Gasteiger partial charge in [0.2, 0.25) is 0 Å². The Hall–Kier alpha value is -1.81. The van der Waals surface area contributed by atoms with Crippen molar-refractivity contribution in [2.24, 2.45) is 0 Å². The van der Waals surface area contributed by atoms with Crippen molar-refractivity contribution in [2.75, 3.05) is 0 Å². The number of hydrogen-bond acceptors (Lipinski definition) is 2. The van der Waals surface area contributed by atoms with E-state index in [1.807, 2.05) is 0 Å². The summed E-state index contributed by atoms with van der Waals surface area (Å²) < 4.78 is 100. The first-order valence-electron chi connectivity index (χ1n) is 4.30. The summed E-state index contributed by atoms with van der Waals surface area (Å²) in [6.07, 6.45) is -14.5. The van der Waals surface area contributed by atoms with E-state index in [0.717, 1.165) is 4.98 Å². The first-order valence-corrected chi connectivity index (χ1v) is 4.30. The summed E-state index contributed by atoms with van der Waals surface area (Å²) in [5, 5.41) is 0. The van der Waals surface area contributed by atoms with Crippen LogP contribution in [0.25, 0.3) is 0 Å². The van der Waals surface area contributed by atoms with Gasteiger partial charge in [0.05, 0.1) is 5.56 Å². The lowest BCUT2D eigenvalue weighted by molar-refractivity contribution is -0.275. The molecule has 1 aromatic heterocycles. The fourth-order valence-corrected chi connectivity index (χ4v) is 1.13. The number of aromatic amines is 1. The Bertz CT molecular complexity index is 515. The number of halogens is 8. The van der Waals surface area contributed by atoms with Crippen LogP contribution >= 0.6 is 0 Å². The highest BCUT2D eigenvalue weighted by atomic mass is 19.4. The predicted octanol–water partition coefficient (Wildman–Crippen LogP) is 3.23. The van der Waals surface area contributed by atoms with E-state index in [9.17, 15) is 39.9 Å². The monoisotopic (exact) mass is 297 g/mol. The van der Waals surface area contributed by atoms with Crippen molar-refractivity contribution in [2.45, 2.75) is 19.0 Å². The predicted molar refractivity (Wildman–Crippen MR) is 43.7 cm³/mol. The summed E-state index contributed by atoms with van der Waals surface area (Å²) >= 11 is 0. The average molecular weight is 297 g/mol. The first kappa shape index (κ1) is 15.2. The Morgan fingerprint density at radius 3 is 2.00 bits per heavy atom. The van der Waals surface area contributed by atoms with Gasteiger partial charge in [-0.2, -0.15) is 13.2 Å². The van der Waals surface area contributed by atoms with Crippen LogP contribution in [0, 0.1) is 0 Å². The minimum Gasteiger partial charge on any atom is -0.400 e. The van der Waals surface area contributed by atoms with Crippen LogP contribution in [0.15, 0.2) is 10.9 Å². The molecule has 0 saturated heterocycles. The molecule has 0 radical (unpaired) electrons. The molecule has 1 heterocycles. The van der Waals surface area contributed by atoms with E-state index in [4.69, 9.17) is 0 Å². The Labute approximate surface area is 98.3 Å². The van der Waals surface area contributed by atoms with Crippen molar-refractivity contribution in [3.63, 3.8) is 0 Å². The molecule has 0 bridgehead atoms. The quantitative estimate of drug-likeness (QED) is 0.852. The lowest BCUT2D eigenvalue weighted by Gasteiger charge is -2.14. The number of rotatable bonds is 2. The molecule has 0 aliphatic rings.